The summed E-state index contributed by atoms with van der Waals surface area (Å²) in [6.45, 7) is 8.54. The number of carbonyl (C=O) groups excluding carboxylic acids is 3. The largest absolute Gasteiger partial charge is 0.451 e. The van der Waals surface area contributed by atoms with E-state index in [2.05, 4.69) is 4.98 Å². The van der Waals surface area contributed by atoms with Crippen molar-refractivity contribution in [2.75, 3.05) is 24.7 Å². The molecule has 2 heterocycles. The number of rotatable bonds is 7. The zero-order valence-corrected chi connectivity index (χ0v) is 17.8. The number of nitrogens with one attached hydrogen (secondary N) is 1. The number of aryl methyl sites for hydroxylation is 1. The third-order valence-electron chi connectivity index (χ3n) is 4.85. The smallest absolute Gasteiger partial charge is 0.355 e. The van der Waals surface area contributed by atoms with Gasteiger partial charge in [0.25, 0.3) is 5.91 Å². The van der Waals surface area contributed by atoms with Crippen LogP contribution in [0.2, 0.25) is 0 Å². The van der Waals surface area contributed by atoms with Crippen LogP contribution < -0.4 is 0 Å². The first-order valence-corrected chi connectivity index (χ1v) is 11.1. The Bertz CT molecular complexity index is 884. The summed E-state index contributed by atoms with van der Waals surface area (Å²) in [5.41, 5.74) is 1.65. The molecule has 1 saturated heterocycles. The Balaban J connectivity index is 2.09. The number of esters is 1. The number of H-pyrrole nitrogens is 1. The molecule has 0 unspecified atom stereocenters. The molecule has 28 heavy (non-hydrogen) atoms. The molecule has 156 valence electrons. The summed E-state index contributed by atoms with van der Waals surface area (Å²) in [5, 5.41) is 0. The maximum Gasteiger partial charge on any atom is 0.355 e. The number of aromatic nitrogens is 1. The number of amides is 1. The number of carbonyl (C=O) groups is 3. The molecule has 9 heteroatoms. The number of ketones is 1. The molecular formula is C19H28N2O6S. The summed E-state index contributed by atoms with van der Waals surface area (Å²) in [6, 6.07) is -0.391. The van der Waals surface area contributed by atoms with Gasteiger partial charge in [-0.05, 0) is 38.7 Å². The predicted octanol–water partition coefficient (Wildman–Crippen LogP) is 1.66. The number of sulfone groups is 1. The summed E-state index contributed by atoms with van der Waals surface area (Å²) in [4.78, 5) is 41.1. The SMILES string of the molecule is CC(=O)c1c(C)[nH]c(C(=O)OCC(=O)N(CC(C)C)[C@@H]2CCS(=O)(=O)C2)c1C. The molecule has 1 fully saturated rings. The van der Waals surface area contributed by atoms with E-state index >= 15 is 0 Å². The van der Waals surface area contributed by atoms with Crippen molar-refractivity contribution in [1.82, 2.24) is 9.88 Å². The van der Waals surface area contributed by atoms with Gasteiger partial charge < -0.3 is 14.6 Å². The van der Waals surface area contributed by atoms with Gasteiger partial charge in [-0.1, -0.05) is 13.8 Å². The number of Topliss-reactive ketones (excluding diaryl/α,β-unsaturated/α-hetero) is 1. The van der Waals surface area contributed by atoms with Gasteiger partial charge in [0.2, 0.25) is 0 Å². The maximum absolute atomic E-state index is 12.7. The minimum Gasteiger partial charge on any atom is -0.451 e. The van der Waals surface area contributed by atoms with Gasteiger partial charge in [-0.2, -0.15) is 0 Å². The Labute approximate surface area is 165 Å². The molecule has 0 radical (unpaired) electrons. The number of aromatic amines is 1. The topological polar surface area (TPSA) is 114 Å². The number of ether oxygens (including phenoxy) is 1. The van der Waals surface area contributed by atoms with Crippen molar-refractivity contribution in [2.45, 2.75) is 47.1 Å². The molecular weight excluding hydrogens is 384 g/mol. The minimum absolute atomic E-state index is 0.0592. The summed E-state index contributed by atoms with van der Waals surface area (Å²) in [5.74, 6) is -1.15. The zero-order chi connectivity index (χ0) is 21.2. The lowest BCUT2D eigenvalue weighted by Crippen LogP contribution is -2.45. The number of hydrogen-bond acceptors (Lipinski definition) is 6. The standard InChI is InChI=1S/C19H28N2O6S/c1-11(2)8-21(15-6-7-28(25,26)10-15)16(23)9-27-19(24)18-12(3)17(14(5)22)13(4)20-18/h11,15,20H,6-10H2,1-5H3/t15-/m1/s1. The fourth-order valence-corrected chi connectivity index (χ4v) is 5.36. The molecule has 1 amide bonds. The summed E-state index contributed by atoms with van der Waals surface area (Å²) < 4.78 is 28.7. The molecule has 1 aliphatic rings. The van der Waals surface area contributed by atoms with E-state index in [0.717, 1.165) is 0 Å². The van der Waals surface area contributed by atoms with E-state index in [1.54, 1.807) is 13.8 Å². The molecule has 8 nitrogen and oxygen atoms in total. The average Bonchev–Trinajstić information content (AvgIpc) is 3.08. The van der Waals surface area contributed by atoms with Crippen molar-refractivity contribution >= 4 is 27.5 Å². The average molecular weight is 413 g/mol. The lowest BCUT2D eigenvalue weighted by molar-refractivity contribution is -0.137. The van der Waals surface area contributed by atoms with Crippen molar-refractivity contribution in [2.24, 2.45) is 5.92 Å². The van der Waals surface area contributed by atoms with Crippen LogP contribution in [0.4, 0.5) is 0 Å². The van der Waals surface area contributed by atoms with Gasteiger partial charge >= 0.3 is 5.97 Å². The van der Waals surface area contributed by atoms with E-state index in [1.165, 1.54) is 11.8 Å². The predicted molar refractivity (Wildman–Crippen MR) is 104 cm³/mol. The highest BCUT2D eigenvalue weighted by Gasteiger charge is 2.35. The van der Waals surface area contributed by atoms with Gasteiger partial charge in [0.1, 0.15) is 5.69 Å². The van der Waals surface area contributed by atoms with Crippen LogP contribution in [0.3, 0.4) is 0 Å². The van der Waals surface area contributed by atoms with Crippen LogP contribution in [0.5, 0.6) is 0 Å². The third-order valence-corrected chi connectivity index (χ3v) is 6.60. The van der Waals surface area contributed by atoms with Crippen molar-refractivity contribution in [3.63, 3.8) is 0 Å². The molecule has 1 aliphatic heterocycles. The molecule has 0 aliphatic carbocycles. The van der Waals surface area contributed by atoms with Gasteiger partial charge in [0.15, 0.2) is 22.2 Å². The second kappa shape index (κ2) is 8.46. The molecule has 0 bridgehead atoms. The molecule has 0 spiro atoms. The molecule has 1 N–H and O–H groups in total. The minimum atomic E-state index is -3.14. The quantitative estimate of drug-likeness (QED) is 0.538. The fourth-order valence-electron chi connectivity index (χ4n) is 3.63. The monoisotopic (exact) mass is 412 g/mol. The van der Waals surface area contributed by atoms with Crippen molar-refractivity contribution in [3.8, 4) is 0 Å². The second-order valence-corrected chi connectivity index (χ2v) is 9.98. The van der Waals surface area contributed by atoms with Crippen molar-refractivity contribution in [1.29, 1.82) is 0 Å². The molecule has 2 rings (SSSR count). The van der Waals surface area contributed by atoms with E-state index in [9.17, 15) is 22.8 Å². The molecule has 1 aromatic rings. The first-order valence-electron chi connectivity index (χ1n) is 9.30. The van der Waals surface area contributed by atoms with Crippen LogP contribution in [0.15, 0.2) is 0 Å². The third kappa shape index (κ3) is 5.01. The summed E-state index contributed by atoms with van der Waals surface area (Å²) in [6.07, 6.45) is 0.394. The normalized spacial score (nSPS) is 18.3. The first-order chi connectivity index (χ1) is 12.9. The highest BCUT2D eigenvalue weighted by Crippen LogP contribution is 2.21. The lowest BCUT2D eigenvalue weighted by atomic mass is 10.1. The first kappa shape index (κ1) is 22.1. The maximum atomic E-state index is 12.7. The van der Waals surface area contributed by atoms with Crippen LogP contribution in [-0.2, 0) is 19.4 Å². The summed E-state index contributed by atoms with van der Waals surface area (Å²) >= 11 is 0. The Kier molecular flexibility index (Phi) is 6.69. The van der Waals surface area contributed by atoms with Gasteiger partial charge in [-0.15, -0.1) is 0 Å². The van der Waals surface area contributed by atoms with Crippen LogP contribution in [0.25, 0.3) is 0 Å². The lowest BCUT2D eigenvalue weighted by Gasteiger charge is -2.29. The van der Waals surface area contributed by atoms with Gasteiger partial charge in [-0.3, -0.25) is 9.59 Å². The fraction of sp³-hybridized carbons (Fsp3) is 0.632. The van der Waals surface area contributed by atoms with E-state index in [1.807, 2.05) is 13.8 Å². The Morgan fingerprint density at radius 2 is 1.89 bits per heavy atom. The Morgan fingerprint density at radius 3 is 2.36 bits per heavy atom. The van der Waals surface area contributed by atoms with E-state index in [0.29, 0.717) is 29.8 Å². The molecule has 0 saturated carbocycles. The van der Waals surface area contributed by atoms with Crippen LogP contribution in [0.1, 0.15) is 59.3 Å². The van der Waals surface area contributed by atoms with E-state index in [-0.39, 0.29) is 28.9 Å². The van der Waals surface area contributed by atoms with E-state index in [4.69, 9.17) is 4.74 Å². The highest BCUT2D eigenvalue weighted by molar-refractivity contribution is 7.91. The van der Waals surface area contributed by atoms with Crippen LogP contribution in [-0.4, -0.2) is 66.7 Å². The van der Waals surface area contributed by atoms with E-state index < -0.39 is 34.4 Å². The molecule has 1 aromatic heterocycles. The highest BCUT2D eigenvalue weighted by atomic mass is 32.2. The Hall–Kier alpha value is -2.16. The van der Waals surface area contributed by atoms with Crippen LogP contribution in [0, 0.1) is 19.8 Å². The zero-order valence-electron chi connectivity index (χ0n) is 17.0. The van der Waals surface area contributed by atoms with Gasteiger partial charge in [0.05, 0.1) is 11.5 Å². The summed E-state index contributed by atoms with van der Waals surface area (Å²) in [7, 11) is -3.14. The van der Waals surface area contributed by atoms with Gasteiger partial charge in [-0.25, -0.2) is 13.2 Å². The number of hydrogen-bond donors (Lipinski definition) is 1. The molecule has 1 atom stereocenters. The van der Waals surface area contributed by atoms with Gasteiger partial charge in [0, 0.05) is 23.8 Å². The number of nitrogens with zero attached hydrogens (tertiary/aromatic N) is 1. The Morgan fingerprint density at radius 1 is 1.25 bits per heavy atom. The van der Waals surface area contributed by atoms with Crippen LogP contribution >= 0.6 is 0 Å². The van der Waals surface area contributed by atoms with Crippen molar-refractivity contribution in [3.05, 3.63) is 22.5 Å². The molecule has 0 aromatic carbocycles. The van der Waals surface area contributed by atoms with Crippen molar-refractivity contribution < 1.29 is 27.5 Å². The second-order valence-electron chi connectivity index (χ2n) is 7.75.